The zero-order chi connectivity index (χ0) is 7.84. The van der Waals surface area contributed by atoms with Crippen LogP contribution < -0.4 is 0 Å². The second-order valence-corrected chi connectivity index (χ2v) is 3.05. The third-order valence-electron chi connectivity index (χ3n) is 2.39. The van der Waals surface area contributed by atoms with Crippen LogP contribution in [0.5, 0.6) is 0 Å². The Balaban J connectivity index is 2.67. The molecule has 0 unspecified atom stereocenters. The van der Waals surface area contributed by atoms with Crippen LogP contribution in [-0.4, -0.2) is 6.21 Å². The van der Waals surface area contributed by atoms with Crippen molar-refractivity contribution in [3.05, 3.63) is 34.4 Å². The molecule has 0 bridgehead atoms. The Labute approximate surface area is 66.8 Å². The van der Waals surface area contributed by atoms with Crippen LogP contribution in [0.2, 0.25) is 0 Å². The lowest BCUT2D eigenvalue weighted by molar-refractivity contribution is 1.08. The van der Waals surface area contributed by atoms with Crippen molar-refractivity contribution in [3.63, 3.8) is 0 Å². The van der Waals surface area contributed by atoms with Crippen LogP contribution in [0.1, 0.15) is 22.3 Å². The van der Waals surface area contributed by atoms with Gasteiger partial charge in [0.05, 0.1) is 6.54 Å². The van der Waals surface area contributed by atoms with Gasteiger partial charge in [-0.05, 0) is 36.1 Å². The maximum Gasteiger partial charge on any atom is 0.0649 e. The lowest BCUT2D eigenvalue weighted by atomic mass is 10.00. The predicted octanol–water partition coefficient (Wildman–Crippen LogP) is 2.24. The van der Waals surface area contributed by atoms with Crippen LogP contribution in [-0.2, 0) is 6.54 Å². The molecule has 0 saturated heterocycles. The first-order valence-corrected chi connectivity index (χ1v) is 3.88. The number of hydrogen-bond acceptors (Lipinski definition) is 1. The molecule has 56 valence electrons. The van der Waals surface area contributed by atoms with Crippen molar-refractivity contribution in [2.75, 3.05) is 0 Å². The number of rotatable bonds is 0. The molecule has 0 aromatic heterocycles. The van der Waals surface area contributed by atoms with Gasteiger partial charge >= 0.3 is 0 Å². The molecule has 0 atom stereocenters. The second kappa shape index (κ2) is 2.19. The Morgan fingerprint density at radius 1 is 1.27 bits per heavy atom. The Morgan fingerprint density at radius 2 is 2.09 bits per heavy atom. The standard InChI is InChI=1S/C10H11N/c1-7-3-4-9-5-11-6-10(9)8(7)2/h3-5H,6H2,1-2H3. The minimum Gasteiger partial charge on any atom is -0.288 e. The Morgan fingerprint density at radius 3 is 2.91 bits per heavy atom. The van der Waals surface area contributed by atoms with E-state index in [2.05, 4.69) is 31.0 Å². The van der Waals surface area contributed by atoms with E-state index in [-0.39, 0.29) is 0 Å². The van der Waals surface area contributed by atoms with Gasteiger partial charge in [-0.15, -0.1) is 0 Å². The van der Waals surface area contributed by atoms with Crippen LogP contribution >= 0.6 is 0 Å². The third-order valence-corrected chi connectivity index (χ3v) is 2.39. The number of aliphatic imine (C=N–C) groups is 1. The Hall–Kier alpha value is -1.11. The summed E-state index contributed by atoms with van der Waals surface area (Å²) in [5.41, 5.74) is 5.48. The van der Waals surface area contributed by atoms with Gasteiger partial charge in [-0.3, -0.25) is 4.99 Å². The normalized spacial score (nSPS) is 13.6. The molecule has 0 fully saturated rings. The smallest absolute Gasteiger partial charge is 0.0649 e. The fourth-order valence-electron chi connectivity index (χ4n) is 1.46. The van der Waals surface area contributed by atoms with Crippen LogP contribution in [0, 0.1) is 13.8 Å². The van der Waals surface area contributed by atoms with Gasteiger partial charge in [-0.25, -0.2) is 0 Å². The van der Waals surface area contributed by atoms with Gasteiger partial charge in [-0.2, -0.15) is 0 Å². The van der Waals surface area contributed by atoms with Crippen molar-refractivity contribution in [2.45, 2.75) is 20.4 Å². The van der Waals surface area contributed by atoms with Gasteiger partial charge in [0.1, 0.15) is 0 Å². The number of nitrogens with zero attached hydrogens (tertiary/aromatic N) is 1. The highest BCUT2D eigenvalue weighted by Crippen LogP contribution is 2.21. The van der Waals surface area contributed by atoms with Gasteiger partial charge < -0.3 is 0 Å². The monoisotopic (exact) mass is 145 g/mol. The van der Waals surface area contributed by atoms with Gasteiger partial charge in [-0.1, -0.05) is 12.1 Å². The summed E-state index contributed by atoms with van der Waals surface area (Å²) in [5.74, 6) is 0. The lowest BCUT2D eigenvalue weighted by Gasteiger charge is -2.04. The molecule has 1 aliphatic heterocycles. The number of benzene rings is 1. The molecular formula is C10H11N. The molecule has 11 heavy (non-hydrogen) atoms. The highest BCUT2D eigenvalue weighted by Gasteiger charge is 2.09. The van der Waals surface area contributed by atoms with E-state index in [0.29, 0.717) is 0 Å². The van der Waals surface area contributed by atoms with E-state index in [1.807, 2.05) is 6.21 Å². The van der Waals surface area contributed by atoms with Crippen molar-refractivity contribution < 1.29 is 0 Å². The summed E-state index contributed by atoms with van der Waals surface area (Å²) < 4.78 is 0. The van der Waals surface area contributed by atoms with E-state index in [4.69, 9.17) is 0 Å². The molecule has 0 amide bonds. The summed E-state index contributed by atoms with van der Waals surface area (Å²) >= 11 is 0. The predicted molar refractivity (Wildman–Crippen MR) is 47.2 cm³/mol. The van der Waals surface area contributed by atoms with Crippen LogP contribution in [0.25, 0.3) is 0 Å². The third kappa shape index (κ3) is 0.881. The molecule has 1 heteroatoms. The van der Waals surface area contributed by atoms with Gasteiger partial charge in [0.2, 0.25) is 0 Å². The fraction of sp³-hybridized carbons (Fsp3) is 0.300. The number of hydrogen-bond donors (Lipinski definition) is 0. The van der Waals surface area contributed by atoms with Crippen LogP contribution in [0.15, 0.2) is 17.1 Å². The molecule has 1 heterocycles. The summed E-state index contributed by atoms with van der Waals surface area (Å²) in [4.78, 5) is 4.23. The molecule has 1 aromatic carbocycles. The van der Waals surface area contributed by atoms with E-state index < -0.39 is 0 Å². The van der Waals surface area contributed by atoms with Crippen molar-refractivity contribution >= 4 is 6.21 Å². The molecule has 1 nitrogen and oxygen atoms in total. The highest BCUT2D eigenvalue weighted by atomic mass is 14.7. The average Bonchev–Trinajstić information content (AvgIpc) is 2.45. The zero-order valence-electron chi connectivity index (χ0n) is 6.89. The molecule has 0 saturated carbocycles. The fourth-order valence-corrected chi connectivity index (χ4v) is 1.46. The van der Waals surface area contributed by atoms with Crippen LogP contribution in [0.3, 0.4) is 0 Å². The van der Waals surface area contributed by atoms with E-state index >= 15 is 0 Å². The molecule has 0 radical (unpaired) electrons. The van der Waals surface area contributed by atoms with Crippen molar-refractivity contribution in [1.29, 1.82) is 0 Å². The summed E-state index contributed by atoms with van der Waals surface area (Å²) in [7, 11) is 0. The number of aryl methyl sites for hydroxylation is 1. The summed E-state index contributed by atoms with van der Waals surface area (Å²) in [6, 6.07) is 4.31. The first-order valence-electron chi connectivity index (χ1n) is 3.88. The van der Waals surface area contributed by atoms with Crippen molar-refractivity contribution in [1.82, 2.24) is 0 Å². The molecular weight excluding hydrogens is 134 g/mol. The molecule has 0 aliphatic carbocycles. The van der Waals surface area contributed by atoms with Crippen molar-refractivity contribution in [2.24, 2.45) is 4.99 Å². The maximum absolute atomic E-state index is 4.23. The summed E-state index contributed by atoms with van der Waals surface area (Å²) in [5, 5.41) is 0. The largest absolute Gasteiger partial charge is 0.288 e. The maximum atomic E-state index is 4.23. The van der Waals surface area contributed by atoms with Crippen LogP contribution in [0.4, 0.5) is 0 Å². The van der Waals surface area contributed by atoms with Gasteiger partial charge in [0.15, 0.2) is 0 Å². The molecule has 1 aliphatic rings. The minimum absolute atomic E-state index is 0.878. The number of fused-ring (bicyclic) bond motifs is 1. The zero-order valence-corrected chi connectivity index (χ0v) is 6.89. The van der Waals surface area contributed by atoms with Gasteiger partial charge in [0.25, 0.3) is 0 Å². The lowest BCUT2D eigenvalue weighted by Crippen LogP contribution is -1.91. The van der Waals surface area contributed by atoms with Crippen molar-refractivity contribution in [3.8, 4) is 0 Å². The van der Waals surface area contributed by atoms with E-state index in [0.717, 1.165) is 6.54 Å². The minimum atomic E-state index is 0.878. The Kier molecular flexibility index (Phi) is 1.31. The topological polar surface area (TPSA) is 12.4 Å². The SMILES string of the molecule is Cc1ccc2c(c1C)CN=C2. The molecule has 1 aromatic rings. The molecule has 0 spiro atoms. The molecule has 2 rings (SSSR count). The second-order valence-electron chi connectivity index (χ2n) is 3.05. The summed E-state index contributed by atoms with van der Waals surface area (Å²) in [6.45, 7) is 5.19. The first-order chi connectivity index (χ1) is 5.29. The summed E-state index contributed by atoms with van der Waals surface area (Å²) in [6.07, 6.45) is 1.96. The first kappa shape index (κ1) is 6.59. The Bertz CT molecular complexity index is 324. The average molecular weight is 145 g/mol. The highest BCUT2D eigenvalue weighted by molar-refractivity contribution is 5.85. The van der Waals surface area contributed by atoms with E-state index in [1.54, 1.807) is 0 Å². The van der Waals surface area contributed by atoms with E-state index in [9.17, 15) is 0 Å². The molecule has 0 N–H and O–H groups in total. The van der Waals surface area contributed by atoms with Gasteiger partial charge in [0, 0.05) is 6.21 Å². The van der Waals surface area contributed by atoms with E-state index in [1.165, 1.54) is 22.3 Å². The quantitative estimate of drug-likeness (QED) is 0.531.